The molecule has 0 spiro atoms. The quantitative estimate of drug-likeness (QED) is 0.755. The van der Waals surface area contributed by atoms with E-state index in [9.17, 15) is 0 Å². The van der Waals surface area contributed by atoms with E-state index < -0.39 is 0 Å². The Bertz CT molecular complexity index is 317. The van der Waals surface area contributed by atoms with Crippen LogP contribution >= 0.6 is 0 Å². The standard InChI is InChI=1S/C12H16NO2/c1-3-14-11-5-9-7-13-8-10(9)6-12(11)15-4-2/h5-6H,3-4,7-8H2,1-2H3. The minimum absolute atomic E-state index is 0.663. The molecule has 81 valence electrons. The topological polar surface area (TPSA) is 32.6 Å². The van der Waals surface area contributed by atoms with E-state index >= 15 is 0 Å². The number of benzene rings is 1. The maximum atomic E-state index is 5.55. The van der Waals surface area contributed by atoms with Gasteiger partial charge in [0.25, 0.3) is 0 Å². The van der Waals surface area contributed by atoms with Crippen LogP contribution in [-0.4, -0.2) is 13.2 Å². The van der Waals surface area contributed by atoms with Gasteiger partial charge < -0.3 is 9.47 Å². The molecule has 0 saturated heterocycles. The molecule has 2 rings (SSSR count). The van der Waals surface area contributed by atoms with Crippen LogP contribution in [-0.2, 0) is 13.1 Å². The molecule has 1 aliphatic heterocycles. The van der Waals surface area contributed by atoms with E-state index in [1.54, 1.807) is 0 Å². The zero-order valence-electron chi connectivity index (χ0n) is 9.25. The second-order valence-electron chi connectivity index (χ2n) is 3.47. The Kier molecular flexibility index (Phi) is 3.11. The van der Waals surface area contributed by atoms with Crippen LogP contribution in [0.2, 0.25) is 0 Å². The summed E-state index contributed by atoms with van der Waals surface area (Å²) in [4.78, 5) is 0. The molecule has 0 atom stereocenters. The lowest BCUT2D eigenvalue weighted by Gasteiger charge is -2.12. The van der Waals surface area contributed by atoms with Gasteiger partial charge in [-0.2, -0.15) is 0 Å². The Morgan fingerprint density at radius 1 is 1.00 bits per heavy atom. The minimum atomic E-state index is 0.663. The van der Waals surface area contributed by atoms with Crippen LogP contribution in [0.25, 0.3) is 0 Å². The fourth-order valence-corrected chi connectivity index (χ4v) is 1.77. The summed E-state index contributed by atoms with van der Waals surface area (Å²) in [5, 5.41) is 4.34. The van der Waals surface area contributed by atoms with Crippen LogP contribution < -0.4 is 14.8 Å². The summed E-state index contributed by atoms with van der Waals surface area (Å²) in [5.41, 5.74) is 2.53. The number of hydrogen-bond donors (Lipinski definition) is 0. The Morgan fingerprint density at radius 3 is 1.87 bits per heavy atom. The van der Waals surface area contributed by atoms with Gasteiger partial charge in [-0.05, 0) is 37.1 Å². The molecule has 1 heterocycles. The second kappa shape index (κ2) is 4.53. The van der Waals surface area contributed by atoms with E-state index in [-0.39, 0.29) is 0 Å². The molecule has 1 radical (unpaired) electrons. The summed E-state index contributed by atoms with van der Waals surface area (Å²) in [6.45, 7) is 6.90. The largest absolute Gasteiger partial charge is 0.490 e. The summed E-state index contributed by atoms with van der Waals surface area (Å²) >= 11 is 0. The smallest absolute Gasteiger partial charge is 0.161 e. The van der Waals surface area contributed by atoms with Gasteiger partial charge in [-0.1, -0.05) is 0 Å². The Balaban J connectivity index is 2.33. The van der Waals surface area contributed by atoms with Gasteiger partial charge in [0.05, 0.1) is 13.2 Å². The first-order chi connectivity index (χ1) is 7.35. The molecule has 0 fully saturated rings. The van der Waals surface area contributed by atoms with Crippen molar-refractivity contribution in [3.63, 3.8) is 0 Å². The van der Waals surface area contributed by atoms with E-state index in [0.29, 0.717) is 13.2 Å². The van der Waals surface area contributed by atoms with E-state index in [2.05, 4.69) is 17.4 Å². The summed E-state index contributed by atoms with van der Waals surface area (Å²) in [6.07, 6.45) is 0. The molecule has 3 heteroatoms. The normalized spacial score (nSPS) is 13.7. The van der Waals surface area contributed by atoms with Gasteiger partial charge in [-0.3, -0.25) is 0 Å². The van der Waals surface area contributed by atoms with Crippen molar-refractivity contribution < 1.29 is 9.47 Å². The van der Waals surface area contributed by atoms with Gasteiger partial charge >= 0.3 is 0 Å². The Morgan fingerprint density at radius 2 is 1.47 bits per heavy atom. The summed E-state index contributed by atoms with van der Waals surface area (Å²) in [7, 11) is 0. The lowest BCUT2D eigenvalue weighted by atomic mass is 10.1. The first-order valence-electron chi connectivity index (χ1n) is 5.39. The first kappa shape index (κ1) is 10.3. The van der Waals surface area contributed by atoms with Gasteiger partial charge in [-0.15, -0.1) is 0 Å². The summed E-state index contributed by atoms with van der Waals surface area (Å²) in [6, 6.07) is 4.11. The molecule has 0 aliphatic carbocycles. The average Bonchev–Trinajstić information content (AvgIpc) is 2.66. The highest BCUT2D eigenvalue weighted by Gasteiger charge is 2.16. The van der Waals surface area contributed by atoms with E-state index in [1.165, 1.54) is 11.1 Å². The van der Waals surface area contributed by atoms with Crippen molar-refractivity contribution in [1.82, 2.24) is 5.32 Å². The number of ether oxygens (including phenoxy) is 2. The molecular weight excluding hydrogens is 190 g/mol. The first-order valence-corrected chi connectivity index (χ1v) is 5.39. The highest BCUT2D eigenvalue weighted by molar-refractivity contribution is 5.48. The molecular formula is C12H16NO2. The van der Waals surface area contributed by atoms with Crippen molar-refractivity contribution in [2.24, 2.45) is 0 Å². The lowest BCUT2D eigenvalue weighted by molar-refractivity contribution is 0.287. The molecule has 1 aromatic carbocycles. The van der Waals surface area contributed by atoms with E-state index in [0.717, 1.165) is 24.6 Å². The predicted octanol–water partition coefficient (Wildman–Crippen LogP) is 2.10. The lowest BCUT2D eigenvalue weighted by Crippen LogP contribution is -1.99. The highest BCUT2D eigenvalue weighted by Crippen LogP contribution is 2.33. The average molecular weight is 206 g/mol. The van der Waals surface area contributed by atoms with Crippen molar-refractivity contribution in [2.75, 3.05) is 13.2 Å². The second-order valence-corrected chi connectivity index (χ2v) is 3.47. The fourth-order valence-electron chi connectivity index (χ4n) is 1.77. The van der Waals surface area contributed by atoms with Crippen molar-refractivity contribution in [1.29, 1.82) is 0 Å². The zero-order chi connectivity index (χ0) is 10.7. The number of nitrogens with zero attached hydrogens (tertiary/aromatic N) is 1. The highest BCUT2D eigenvalue weighted by atomic mass is 16.5. The molecule has 0 bridgehead atoms. The SMILES string of the molecule is CCOc1cc2c(cc1OCC)C[N]C2. The molecule has 3 nitrogen and oxygen atoms in total. The molecule has 1 aliphatic rings. The van der Waals surface area contributed by atoms with Crippen molar-refractivity contribution in [3.8, 4) is 11.5 Å². The third kappa shape index (κ3) is 2.07. The van der Waals surface area contributed by atoms with Crippen LogP contribution in [0, 0.1) is 0 Å². The van der Waals surface area contributed by atoms with Crippen LogP contribution in [0.5, 0.6) is 11.5 Å². The van der Waals surface area contributed by atoms with Crippen LogP contribution in [0.15, 0.2) is 12.1 Å². The molecule has 0 amide bonds. The number of rotatable bonds is 4. The van der Waals surface area contributed by atoms with Crippen molar-refractivity contribution >= 4 is 0 Å². The van der Waals surface area contributed by atoms with Crippen molar-refractivity contribution in [3.05, 3.63) is 23.3 Å². The number of fused-ring (bicyclic) bond motifs is 1. The van der Waals surface area contributed by atoms with Gasteiger partial charge in [0.1, 0.15) is 0 Å². The zero-order valence-corrected chi connectivity index (χ0v) is 9.25. The fraction of sp³-hybridized carbons (Fsp3) is 0.500. The van der Waals surface area contributed by atoms with Gasteiger partial charge in [0.2, 0.25) is 0 Å². The maximum absolute atomic E-state index is 5.55. The third-order valence-corrected chi connectivity index (χ3v) is 2.43. The minimum Gasteiger partial charge on any atom is -0.490 e. The van der Waals surface area contributed by atoms with Gasteiger partial charge in [-0.25, -0.2) is 5.32 Å². The monoisotopic (exact) mass is 206 g/mol. The molecule has 0 saturated carbocycles. The molecule has 0 unspecified atom stereocenters. The van der Waals surface area contributed by atoms with Crippen LogP contribution in [0.4, 0.5) is 0 Å². The van der Waals surface area contributed by atoms with E-state index in [1.807, 2.05) is 13.8 Å². The van der Waals surface area contributed by atoms with Crippen LogP contribution in [0.3, 0.4) is 0 Å². The molecule has 15 heavy (non-hydrogen) atoms. The summed E-state index contributed by atoms with van der Waals surface area (Å²) < 4.78 is 11.1. The summed E-state index contributed by atoms with van der Waals surface area (Å²) in [5.74, 6) is 1.69. The van der Waals surface area contributed by atoms with Crippen LogP contribution in [0.1, 0.15) is 25.0 Å². The third-order valence-electron chi connectivity index (χ3n) is 2.43. The molecule has 1 aromatic rings. The number of hydrogen-bond acceptors (Lipinski definition) is 2. The van der Waals surface area contributed by atoms with E-state index in [4.69, 9.17) is 9.47 Å². The molecule has 0 N–H and O–H groups in total. The maximum Gasteiger partial charge on any atom is 0.161 e. The van der Waals surface area contributed by atoms with Crippen molar-refractivity contribution in [2.45, 2.75) is 26.9 Å². The van der Waals surface area contributed by atoms with Gasteiger partial charge in [0, 0.05) is 13.1 Å². The predicted molar refractivity (Wildman–Crippen MR) is 58.3 cm³/mol. The Labute approximate surface area is 90.4 Å². The van der Waals surface area contributed by atoms with Gasteiger partial charge in [0.15, 0.2) is 11.5 Å². The Hall–Kier alpha value is -1.22. The molecule has 0 aromatic heterocycles.